The zero-order valence-electron chi connectivity index (χ0n) is 18.1. The molecular weight excluding hydrogens is 486 g/mol. The van der Waals surface area contributed by atoms with Gasteiger partial charge in [0.15, 0.2) is 6.61 Å². The van der Waals surface area contributed by atoms with E-state index in [4.69, 9.17) is 21.1 Å². The van der Waals surface area contributed by atoms with Crippen LogP contribution in [0.2, 0.25) is 5.02 Å². The zero-order valence-corrected chi connectivity index (χ0v) is 19.6. The quantitative estimate of drug-likeness (QED) is 0.325. The van der Waals surface area contributed by atoms with E-state index in [2.05, 4.69) is 10.0 Å². The summed E-state index contributed by atoms with van der Waals surface area (Å²) >= 11 is 6.16. The third-order valence-electron chi connectivity index (χ3n) is 4.62. The zero-order chi connectivity index (χ0) is 24.9. The topological polar surface area (TPSA) is 137 Å². The van der Waals surface area contributed by atoms with Gasteiger partial charge in [-0.25, -0.2) is 8.42 Å². The number of carbonyl (C=O) groups excluding carboxylic acids is 1. The highest BCUT2D eigenvalue weighted by atomic mass is 35.5. The normalized spacial score (nSPS) is 10.9. The SMILES string of the molecule is COc1ccc(NS(=O)(=O)c2ccc(OCC(=O)Nc3cc([N+](=O)[O-])ccc3C)c(Cl)c2)cc1. The largest absolute Gasteiger partial charge is 0.497 e. The maximum absolute atomic E-state index is 12.6. The average molecular weight is 506 g/mol. The van der Waals surface area contributed by atoms with Gasteiger partial charge in [-0.3, -0.25) is 19.6 Å². The van der Waals surface area contributed by atoms with Gasteiger partial charge in [-0.15, -0.1) is 0 Å². The maximum Gasteiger partial charge on any atom is 0.271 e. The average Bonchev–Trinajstić information content (AvgIpc) is 2.79. The van der Waals surface area contributed by atoms with Gasteiger partial charge in [-0.1, -0.05) is 17.7 Å². The minimum atomic E-state index is -3.93. The molecule has 12 heteroatoms. The number of non-ortho nitro benzene ring substituents is 1. The van der Waals surface area contributed by atoms with Crippen molar-refractivity contribution in [2.24, 2.45) is 0 Å². The molecule has 3 aromatic carbocycles. The second kappa shape index (κ2) is 10.4. The molecule has 0 radical (unpaired) electrons. The van der Waals surface area contributed by atoms with Crippen molar-refractivity contribution < 1.29 is 27.6 Å². The van der Waals surface area contributed by atoms with Crippen LogP contribution in [-0.2, 0) is 14.8 Å². The van der Waals surface area contributed by atoms with Crippen LogP contribution >= 0.6 is 11.6 Å². The number of ether oxygens (including phenoxy) is 2. The van der Waals surface area contributed by atoms with Crippen LogP contribution in [-0.4, -0.2) is 33.0 Å². The number of rotatable bonds is 9. The Labute approximate surface area is 200 Å². The van der Waals surface area contributed by atoms with Crippen molar-refractivity contribution in [1.82, 2.24) is 0 Å². The summed E-state index contributed by atoms with van der Waals surface area (Å²) in [5.74, 6) is 0.102. The van der Waals surface area contributed by atoms with Crippen molar-refractivity contribution in [3.8, 4) is 11.5 Å². The molecule has 1 amide bonds. The molecular formula is C22H20ClN3O7S. The Bertz CT molecular complexity index is 1330. The Morgan fingerprint density at radius 1 is 1.09 bits per heavy atom. The van der Waals surface area contributed by atoms with Crippen LogP contribution in [0.25, 0.3) is 0 Å². The molecule has 0 fully saturated rings. The van der Waals surface area contributed by atoms with Gasteiger partial charge in [-0.05, 0) is 55.0 Å². The molecule has 0 atom stereocenters. The van der Waals surface area contributed by atoms with Gasteiger partial charge >= 0.3 is 0 Å². The van der Waals surface area contributed by atoms with Gasteiger partial charge in [-0.2, -0.15) is 0 Å². The number of hydrogen-bond donors (Lipinski definition) is 2. The first-order valence-electron chi connectivity index (χ1n) is 9.73. The lowest BCUT2D eigenvalue weighted by Gasteiger charge is -2.12. The summed E-state index contributed by atoms with van der Waals surface area (Å²) in [7, 11) is -2.42. The molecule has 10 nitrogen and oxygen atoms in total. The molecule has 0 aromatic heterocycles. The number of nitro groups is 1. The number of methoxy groups -OCH3 is 1. The lowest BCUT2D eigenvalue weighted by molar-refractivity contribution is -0.384. The molecule has 0 aliphatic carbocycles. The number of carbonyl (C=O) groups is 1. The molecule has 0 saturated carbocycles. The summed E-state index contributed by atoms with van der Waals surface area (Å²) in [4.78, 5) is 22.5. The molecule has 0 spiro atoms. The third-order valence-corrected chi connectivity index (χ3v) is 6.30. The van der Waals surface area contributed by atoms with E-state index < -0.39 is 27.5 Å². The predicted octanol–water partition coefficient (Wildman–Crippen LogP) is 4.38. The van der Waals surface area contributed by atoms with Gasteiger partial charge in [0.1, 0.15) is 11.5 Å². The second-order valence-electron chi connectivity index (χ2n) is 7.02. The van der Waals surface area contributed by atoms with Crippen LogP contribution in [0.15, 0.2) is 65.6 Å². The fraction of sp³-hybridized carbons (Fsp3) is 0.136. The number of halogens is 1. The highest BCUT2D eigenvalue weighted by Gasteiger charge is 2.17. The van der Waals surface area contributed by atoms with Gasteiger partial charge in [0.05, 0.1) is 27.6 Å². The van der Waals surface area contributed by atoms with Gasteiger partial charge < -0.3 is 14.8 Å². The summed E-state index contributed by atoms with van der Waals surface area (Å²) in [6, 6.07) is 14.2. The van der Waals surface area contributed by atoms with Crippen LogP contribution in [0.1, 0.15) is 5.56 Å². The van der Waals surface area contributed by atoms with E-state index >= 15 is 0 Å². The predicted molar refractivity (Wildman–Crippen MR) is 127 cm³/mol. The first-order chi connectivity index (χ1) is 16.1. The third kappa shape index (κ3) is 6.15. The molecule has 34 heavy (non-hydrogen) atoms. The molecule has 0 bridgehead atoms. The van der Waals surface area contributed by atoms with E-state index in [1.807, 2.05) is 0 Å². The van der Waals surface area contributed by atoms with Crippen molar-refractivity contribution in [3.05, 3.63) is 81.4 Å². The summed E-state index contributed by atoms with van der Waals surface area (Å²) < 4.78 is 38.2. The smallest absolute Gasteiger partial charge is 0.271 e. The van der Waals surface area contributed by atoms with Crippen LogP contribution in [0.5, 0.6) is 11.5 Å². The fourth-order valence-corrected chi connectivity index (χ4v) is 4.21. The molecule has 0 aliphatic rings. The van der Waals surface area contributed by atoms with E-state index in [0.717, 1.165) is 0 Å². The number of sulfonamides is 1. The molecule has 0 heterocycles. The summed E-state index contributed by atoms with van der Waals surface area (Å²) in [6.45, 7) is 1.24. The van der Waals surface area contributed by atoms with E-state index in [9.17, 15) is 23.3 Å². The second-order valence-corrected chi connectivity index (χ2v) is 9.11. The van der Waals surface area contributed by atoms with Crippen molar-refractivity contribution in [2.75, 3.05) is 23.8 Å². The maximum atomic E-state index is 12.6. The minimum Gasteiger partial charge on any atom is -0.497 e. The number of nitrogens with zero attached hydrogens (tertiary/aromatic N) is 1. The van der Waals surface area contributed by atoms with E-state index in [-0.39, 0.29) is 27.0 Å². The highest BCUT2D eigenvalue weighted by Crippen LogP contribution is 2.29. The first-order valence-corrected chi connectivity index (χ1v) is 11.6. The van der Waals surface area contributed by atoms with Crippen molar-refractivity contribution >= 4 is 44.6 Å². The monoisotopic (exact) mass is 505 g/mol. The summed E-state index contributed by atoms with van der Waals surface area (Å²) in [5, 5.41) is 13.4. The molecule has 178 valence electrons. The Kier molecular flexibility index (Phi) is 7.59. The van der Waals surface area contributed by atoms with E-state index in [1.54, 1.807) is 31.2 Å². The highest BCUT2D eigenvalue weighted by molar-refractivity contribution is 7.92. The van der Waals surface area contributed by atoms with Gasteiger partial charge in [0.25, 0.3) is 21.6 Å². The Morgan fingerprint density at radius 2 is 1.79 bits per heavy atom. The van der Waals surface area contributed by atoms with Crippen molar-refractivity contribution in [3.63, 3.8) is 0 Å². The summed E-state index contributed by atoms with van der Waals surface area (Å²) in [6.07, 6.45) is 0. The van der Waals surface area contributed by atoms with Crippen LogP contribution in [0.4, 0.5) is 17.1 Å². The number of nitrogens with one attached hydrogen (secondary N) is 2. The van der Waals surface area contributed by atoms with Crippen LogP contribution in [0, 0.1) is 17.0 Å². The number of benzene rings is 3. The van der Waals surface area contributed by atoms with E-state index in [1.165, 1.54) is 43.5 Å². The molecule has 0 unspecified atom stereocenters. The first kappa shape index (κ1) is 24.8. The molecule has 3 rings (SSSR count). The minimum absolute atomic E-state index is 0.0167. The summed E-state index contributed by atoms with van der Waals surface area (Å²) in [5.41, 5.74) is 1.09. The van der Waals surface area contributed by atoms with Crippen LogP contribution < -0.4 is 19.5 Å². The Balaban J connectivity index is 1.65. The van der Waals surface area contributed by atoms with Gasteiger partial charge in [0, 0.05) is 17.8 Å². The van der Waals surface area contributed by atoms with E-state index in [0.29, 0.717) is 17.0 Å². The Hall–Kier alpha value is -3.83. The van der Waals surface area contributed by atoms with Crippen molar-refractivity contribution in [2.45, 2.75) is 11.8 Å². The molecule has 2 N–H and O–H groups in total. The lowest BCUT2D eigenvalue weighted by atomic mass is 10.2. The Morgan fingerprint density at radius 3 is 2.41 bits per heavy atom. The molecule has 0 aliphatic heterocycles. The standard InChI is InChI=1S/C22H20ClN3O7S/c1-14-3-6-16(26(28)29)11-20(14)24-22(27)13-33-21-10-9-18(12-19(21)23)34(30,31)25-15-4-7-17(32-2)8-5-15/h3-12,25H,13H2,1-2H3,(H,24,27). The molecule has 0 saturated heterocycles. The number of hydrogen-bond acceptors (Lipinski definition) is 7. The number of nitro benzene ring substituents is 1. The number of aryl methyl sites for hydroxylation is 1. The number of amides is 1. The van der Waals surface area contributed by atoms with Crippen molar-refractivity contribution in [1.29, 1.82) is 0 Å². The number of anilines is 2. The van der Waals surface area contributed by atoms with Crippen LogP contribution in [0.3, 0.4) is 0 Å². The lowest BCUT2D eigenvalue weighted by Crippen LogP contribution is -2.21. The van der Waals surface area contributed by atoms with Gasteiger partial charge in [0.2, 0.25) is 0 Å². The fourth-order valence-electron chi connectivity index (χ4n) is 2.83. The molecule has 3 aromatic rings.